The molecular weight excluding hydrogens is 260 g/mol. The van der Waals surface area contributed by atoms with Crippen LogP contribution < -0.4 is 0 Å². The van der Waals surface area contributed by atoms with Crippen LogP contribution in [0.5, 0.6) is 0 Å². The molecule has 0 aliphatic rings. The summed E-state index contributed by atoms with van der Waals surface area (Å²) in [6.45, 7) is 0. The summed E-state index contributed by atoms with van der Waals surface area (Å²) in [6, 6.07) is 6.37. The van der Waals surface area contributed by atoms with Crippen LogP contribution in [-0.4, -0.2) is 19.7 Å². The molecule has 2 rings (SSSR count). The number of halogens is 1. The van der Waals surface area contributed by atoms with Crippen LogP contribution in [-0.2, 0) is 9.84 Å². The molecule has 2 aromatic rings. The molecule has 0 aliphatic heterocycles. The van der Waals surface area contributed by atoms with Crippen LogP contribution in [0.1, 0.15) is 5.56 Å². The summed E-state index contributed by atoms with van der Waals surface area (Å²) >= 11 is 6.01. The number of hydrogen-bond donors (Lipinski definition) is 0. The first-order chi connectivity index (χ1) is 7.93. The van der Waals surface area contributed by atoms with Crippen LogP contribution in [0.2, 0.25) is 5.02 Å². The average molecular weight is 267 g/mol. The van der Waals surface area contributed by atoms with Crippen molar-refractivity contribution in [1.29, 1.82) is 5.26 Å². The Hall–Kier alpha value is -1.64. The lowest BCUT2D eigenvalue weighted by molar-refractivity contribution is 0.602. The molecule has 0 fully saturated rings. The predicted octanol–water partition coefficient (Wildman–Crippen LogP) is 2.16. The molecule has 86 valence electrons. The van der Waals surface area contributed by atoms with Crippen molar-refractivity contribution < 1.29 is 8.42 Å². The van der Waals surface area contributed by atoms with Crippen molar-refractivity contribution in [3.8, 4) is 6.07 Å². The van der Waals surface area contributed by atoms with Crippen LogP contribution in [0, 0.1) is 11.3 Å². The van der Waals surface area contributed by atoms with Crippen LogP contribution in [0.25, 0.3) is 10.9 Å². The molecule has 6 heteroatoms. The first kappa shape index (κ1) is 11.8. The largest absolute Gasteiger partial charge is 0.255 e. The number of pyridine rings is 1. The molecule has 0 aliphatic carbocycles. The van der Waals surface area contributed by atoms with Gasteiger partial charge < -0.3 is 0 Å². The summed E-state index contributed by atoms with van der Waals surface area (Å²) in [7, 11) is -3.30. The topological polar surface area (TPSA) is 70.8 Å². The van der Waals surface area contributed by atoms with Gasteiger partial charge in [0.2, 0.25) is 0 Å². The van der Waals surface area contributed by atoms with Gasteiger partial charge in [0.15, 0.2) is 9.84 Å². The second kappa shape index (κ2) is 3.99. The van der Waals surface area contributed by atoms with Gasteiger partial charge in [0, 0.05) is 17.8 Å². The SMILES string of the molecule is CS(=O)(=O)c1ccc2ncc(C#N)c(Cl)c2c1. The highest BCUT2D eigenvalue weighted by atomic mass is 35.5. The first-order valence-corrected chi connectivity index (χ1v) is 6.89. The smallest absolute Gasteiger partial charge is 0.175 e. The minimum atomic E-state index is -3.30. The van der Waals surface area contributed by atoms with Crippen LogP contribution in [0.15, 0.2) is 29.3 Å². The van der Waals surface area contributed by atoms with E-state index >= 15 is 0 Å². The number of hydrogen-bond acceptors (Lipinski definition) is 4. The predicted molar refractivity (Wildman–Crippen MR) is 64.6 cm³/mol. The zero-order valence-electron chi connectivity index (χ0n) is 8.81. The fourth-order valence-electron chi connectivity index (χ4n) is 1.45. The molecule has 0 atom stereocenters. The standard InChI is InChI=1S/C11H7ClN2O2S/c1-17(15,16)8-2-3-10-9(4-8)11(12)7(5-13)6-14-10/h2-4,6H,1H3. The third kappa shape index (κ3) is 2.09. The Balaban J connectivity index is 2.85. The molecule has 1 heterocycles. The van der Waals surface area contributed by atoms with E-state index in [-0.39, 0.29) is 15.5 Å². The van der Waals surface area contributed by atoms with Gasteiger partial charge in [-0.25, -0.2) is 8.42 Å². The molecule has 0 spiro atoms. The van der Waals surface area contributed by atoms with E-state index in [0.29, 0.717) is 10.9 Å². The molecule has 1 aromatic carbocycles. The van der Waals surface area contributed by atoms with Gasteiger partial charge in [0.1, 0.15) is 6.07 Å². The van der Waals surface area contributed by atoms with E-state index in [0.717, 1.165) is 6.26 Å². The third-order valence-electron chi connectivity index (χ3n) is 2.32. The van der Waals surface area contributed by atoms with E-state index in [1.54, 1.807) is 6.07 Å². The average Bonchev–Trinajstić information content (AvgIpc) is 2.28. The Morgan fingerprint density at radius 2 is 2.12 bits per heavy atom. The highest BCUT2D eigenvalue weighted by Crippen LogP contribution is 2.27. The highest BCUT2D eigenvalue weighted by Gasteiger charge is 2.11. The van der Waals surface area contributed by atoms with Crippen molar-refractivity contribution in [1.82, 2.24) is 4.98 Å². The molecule has 4 nitrogen and oxygen atoms in total. The Bertz CT molecular complexity index is 748. The van der Waals surface area contributed by atoms with Gasteiger partial charge in [0.05, 0.1) is 21.0 Å². The van der Waals surface area contributed by atoms with Crippen molar-refractivity contribution in [3.05, 3.63) is 35.0 Å². The fraction of sp³-hybridized carbons (Fsp3) is 0.0909. The van der Waals surface area contributed by atoms with E-state index in [1.165, 1.54) is 18.3 Å². The molecular formula is C11H7ClN2O2S. The molecule has 0 N–H and O–H groups in total. The van der Waals surface area contributed by atoms with Crippen LogP contribution >= 0.6 is 11.6 Å². The van der Waals surface area contributed by atoms with Crippen LogP contribution in [0.3, 0.4) is 0 Å². The van der Waals surface area contributed by atoms with Gasteiger partial charge in [0.25, 0.3) is 0 Å². The lowest BCUT2D eigenvalue weighted by Crippen LogP contribution is -1.97. The molecule has 17 heavy (non-hydrogen) atoms. The molecule has 0 saturated carbocycles. The molecule has 0 saturated heterocycles. The summed E-state index contributed by atoms with van der Waals surface area (Å²) in [5.41, 5.74) is 0.784. The second-order valence-corrected chi connectivity index (χ2v) is 5.94. The number of nitrogens with zero attached hydrogens (tertiary/aromatic N) is 2. The third-order valence-corrected chi connectivity index (χ3v) is 3.84. The minimum Gasteiger partial charge on any atom is -0.255 e. The molecule has 0 bridgehead atoms. The maximum Gasteiger partial charge on any atom is 0.175 e. The summed E-state index contributed by atoms with van der Waals surface area (Å²) in [5, 5.41) is 9.51. The lowest BCUT2D eigenvalue weighted by Gasteiger charge is -2.04. The summed E-state index contributed by atoms with van der Waals surface area (Å²) in [6.07, 6.45) is 2.48. The van der Waals surface area contributed by atoms with E-state index in [2.05, 4.69) is 4.98 Å². The monoisotopic (exact) mass is 266 g/mol. The normalized spacial score (nSPS) is 11.4. The summed E-state index contributed by atoms with van der Waals surface area (Å²) < 4.78 is 22.8. The Labute approximate surface area is 103 Å². The van der Waals surface area contributed by atoms with E-state index in [9.17, 15) is 8.42 Å². The van der Waals surface area contributed by atoms with Crippen molar-refractivity contribution >= 4 is 32.3 Å². The number of nitriles is 1. The fourth-order valence-corrected chi connectivity index (χ4v) is 2.34. The van der Waals surface area contributed by atoms with Gasteiger partial charge in [-0.3, -0.25) is 4.98 Å². The molecule has 0 radical (unpaired) electrons. The van der Waals surface area contributed by atoms with Gasteiger partial charge in [-0.1, -0.05) is 11.6 Å². The molecule has 1 aromatic heterocycles. The number of rotatable bonds is 1. The second-order valence-electron chi connectivity index (χ2n) is 3.55. The first-order valence-electron chi connectivity index (χ1n) is 4.62. The van der Waals surface area contributed by atoms with Crippen molar-refractivity contribution in [2.45, 2.75) is 4.90 Å². The van der Waals surface area contributed by atoms with Crippen molar-refractivity contribution in [2.24, 2.45) is 0 Å². The van der Waals surface area contributed by atoms with Crippen molar-refractivity contribution in [3.63, 3.8) is 0 Å². The zero-order chi connectivity index (χ0) is 12.6. The molecule has 0 amide bonds. The number of aromatic nitrogens is 1. The highest BCUT2D eigenvalue weighted by molar-refractivity contribution is 7.90. The quantitative estimate of drug-likeness (QED) is 0.793. The number of sulfone groups is 1. The van der Waals surface area contributed by atoms with Crippen molar-refractivity contribution in [2.75, 3.05) is 6.26 Å². The Kier molecular flexibility index (Phi) is 2.77. The van der Waals surface area contributed by atoms with Gasteiger partial charge in [-0.15, -0.1) is 0 Å². The van der Waals surface area contributed by atoms with Crippen LogP contribution in [0.4, 0.5) is 0 Å². The van der Waals surface area contributed by atoms with Gasteiger partial charge >= 0.3 is 0 Å². The van der Waals surface area contributed by atoms with E-state index in [1.807, 2.05) is 6.07 Å². The number of fused-ring (bicyclic) bond motifs is 1. The van der Waals surface area contributed by atoms with E-state index < -0.39 is 9.84 Å². The lowest BCUT2D eigenvalue weighted by atomic mass is 10.2. The van der Waals surface area contributed by atoms with Gasteiger partial charge in [-0.2, -0.15) is 5.26 Å². The summed E-state index contributed by atoms with van der Waals surface area (Å²) in [5.74, 6) is 0. The summed E-state index contributed by atoms with van der Waals surface area (Å²) in [4.78, 5) is 4.19. The zero-order valence-corrected chi connectivity index (χ0v) is 10.4. The Morgan fingerprint density at radius 1 is 1.41 bits per heavy atom. The maximum atomic E-state index is 11.4. The number of benzene rings is 1. The molecule has 0 unspecified atom stereocenters. The minimum absolute atomic E-state index is 0.156. The van der Waals surface area contributed by atoms with Gasteiger partial charge in [-0.05, 0) is 18.2 Å². The Morgan fingerprint density at radius 3 is 2.71 bits per heavy atom. The van der Waals surface area contributed by atoms with E-state index in [4.69, 9.17) is 16.9 Å². The maximum absolute atomic E-state index is 11.4.